The number of nitrogens with zero attached hydrogens (tertiary/aromatic N) is 1. The summed E-state index contributed by atoms with van der Waals surface area (Å²) < 4.78 is 17.1. The van der Waals surface area contributed by atoms with Crippen molar-refractivity contribution in [1.82, 2.24) is 15.8 Å². The van der Waals surface area contributed by atoms with E-state index in [9.17, 15) is 9.90 Å². The van der Waals surface area contributed by atoms with E-state index in [0.717, 1.165) is 17.5 Å². The first kappa shape index (κ1) is 23.4. The lowest BCUT2D eigenvalue weighted by atomic mass is 9.83. The van der Waals surface area contributed by atoms with Gasteiger partial charge in [-0.2, -0.15) is 0 Å². The summed E-state index contributed by atoms with van der Waals surface area (Å²) in [6, 6.07) is 12.3. The average Bonchev–Trinajstić information content (AvgIpc) is 3.36. The quantitative estimate of drug-likeness (QED) is 0.507. The molecule has 2 aliphatic rings. The van der Waals surface area contributed by atoms with Gasteiger partial charge in [-0.1, -0.05) is 31.2 Å². The standard InChI is InChI=1S/C25H33N3O5/c1-4-13-33-19-11-10-16(15-20(19)32-5-2)24-21-22(17-8-6-7-9-18(17)29)26-27-23(21)25(30)28(24)12-14-31-3/h6-11,15,21-24,26-27,29H,4-5,12-14H2,1-3H3. The molecule has 2 aliphatic heterocycles. The number of aromatic hydroxyl groups is 1. The second-order valence-electron chi connectivity index (χ2n) is 8.34. The van der Waals surface area contributed by atoms with Crippen LogP contribution in [0.2, 0.25) is 0 Å². The summed E-state index contributed by atoms with van der Waals surface area (Å²) in [6.07, 6.45) is 0.901. The van der Waals surface area contributed by atoms with Crippen molar-refractivity contribution < 1.29 is 24.1 Å². The molecule has 0 radical (unpaired) electrons. The van der Waals surface area contributed by atoms with Gasteiger partial charge in [0.15, 0.2) is 11.5 Å². The molecule has 2 heterocycles. The third-order valence-electron chi connectivity index (χ3n) is 6.29. The van der Waals surface area contributed by atoms with E-state index < -0.39 is 6.04 Å². The number of phenolic OH excluding ortho intramolecular Hbond substituents is 1. The Morgan fingerprint density at radius 1 is 1.00 bits per heavy atom. The fraction of sp³-hybridized carbons (Fsp3) is 0.480. The van der Waals surface area contributed by atoms with Crippen molar-refractivity contribution in [3.8, 4) is 17.2 Å². The molecule has 2 fully saturated rings. The number of likely N-dealkylation sites (tertiary alicyclic amines) is 1. The lowest BCUT2D eigenvalue weighted by Crippen LogP contribution is -2.42. The molecule has 8 heteroatoms. The zero-order valence-corrected chi connectivity index (χ0v) is 19.4. The fourth-order valence-corrected chi connectivity index (χ4v) is 4.86. The molecule has 178 valence electrons. The second kappa shape index (κ2) is 10.4. The summed E-state index contributed by atoms with van der Waals surface area (Å²) >= 11 is 0. The summed E-state index contributed by atoms with van der Waals surface area (Å²) in [5.41, 5.74) is 8.16. The Labute approximate surface area is 194 Å². The van der Waals surface area contributed by atoms with E-state index in [-0.39, 0.29) is 29.7 Å². The molecule has 8 nitrogen and oxygen atoms in total. The Balaban J connectivity index is 1.75. The van der Waals surface area contributed by atoms with E-state index >= 15 is 0 Å². The minimum absolute atomic E-state index is 0.0109. The third-order valence-corrected chi connectivity index (χ3v) is 6.29. The molecule has 0 saturated carbocycles. The SMILES string of the molecule is CCCOc1ccc(C2C3C(NNC3c3ccccc3O)C(=O)N2CCOC)cc1OCC. The maximum atomic E-state index is 13.4. The number of amides is 1. The number of ether oxygens (including phenoxy) is 3. The summed E-state index contributed by atoms with van der Waals surface area (Å²) in [4.78, 5) is 15.3. The number of carbonyl (C=O) groups is 1. The molecule has 4 atom stereocenters. The van der Waals surface area contributed by atoms with Crippen molar-refractivity contribution in [2.75, 3.05) is 33.5 Å². The second-order valence-corrected chi connectivity index (χ2v) is 8.34. The summed E-state index contributed by atoms with van der Waals surface area (Å²) in [5.74, 6) is 1.45. The Bertz CT molecular complexity index is 969. The van der Waals surface area contributed by atoms with Crippen LogP contribution in [0.5, 0.6) is 17.2 Å². The highest BCUT2D eigenvalue weighted by molar-refractivity contribution is 5.86. The van der Waals surface area contributed by atoms with Gasteiger partial charge in [-0.05, 0) is 37.1 Å². The number of carbonyl (C=O) groups excluding carboxylic acids is 1. The molecule has 0 spiro atoms. The number of phenols is 1. The number of hydrazine groups is 1. The molecular weight excluding hydrogens is 422 g/mol. The zero-order chi connectivity index (χ0) is 23.4. The Kier molecular flexibility index (Phi) is 7.37. The maximum absolute atomic E-state index is 13.4. The molecule has 2 aromatic carbocycles. The lowest BCUT2D eigenvalue weighted by molar-refractivity contribution is -0.131. The van der Waals surface area contributed by atoms with Crippen molar-refractivity contribution in [3.05, 3.63) is 53.6 Å². The van der Waals surface area contributed by atoms with Crippen LogP contribution in [0.15, 0.2) is 42.5 Å². The van der Waals surface area contributed by atoms with Crippen molar-refractivity contribution in [3.63, 3.8) is 0 Å². The molecule has 0 bridgehead atoms. The van der Waals surface area contributed by atoms with Crippen LogP contribution in [0.25, 0.3) is 0 Å². The van der Waals surface area contributed by atoms with Gasteiger partial charge in [0.1, 0.15) is 11.8 Å². The molecular formula is C25H33N3O5. The molecule has 3 N–H and O–H groups in total. The van der Waals surface area contributed by atoms with Crippen LogP contribution in [0.1, 0.15) is 43.5 Å². The molecule has 0 aliphatic carbocycles. The number of hydrogen-bond donors (Lipinski definition) is 3. The van der Waals surface area contributed by atoms with E-state index in [2.05, 4.69) is 17.8 Å². The summed E-state index contributed by atoms with van der Waals surface area (Å²) in [6.45, 7) is 6.03. The molecule has 4 rings (SSSR count). The number of methoxy groups -OCH3 is 1. The predicted octanol–water partition coefficient (Wildman–Crippen LogP) is 2.94. The largest absolute Gasteiger partial charge is 0.508 e. The Hall–Kier alpha value is -2.81. The molecule has 1 amide bonds. The van der Waals surface area contributed by atoms with Gasteiger partial charge >= 0.3 is 0 Å². The van der Waals surface area contributed by atoms with Crippen LogP contribution in [0.4, 0.5) is 0 Å². The fourth-order valence-electron chi connectivity index (χ4n) is 4.86. The van der Waals surface area contributed by atoms with Crippen molar-refractivity contribution in [2.24, 2.45) is 5.92 Å². The number of rotatable bonds is 10. The van der Waals surface area contributed by atoms with Gasteiger partial charge in [-0.3, -0.25) is 4.79 Å². The van der Waals surface area contributed by atoms with E-state index in [1.54, 1.807) is 19.2 Å². The van der Waals surface area contributed by atoms with Crippen LogP contribution in [0, 0.1) is 5.92 Å². The predicted molar refractivity (Wildman–Crippen MR) is 124 cm³/mol. The molecule has 33 heavy (non-hydrogen) atoms. The lowest BCUT2D eigenvalue weighted by Gasteiger charge is -2.31. The van der Waals surface area contributed by atoms with Gasteiger partial charge in [0.25, 0.3) is 0 Å². The van der Waals surface area contributed by atoms with Crippen LogP contribution in [-0.4, -0.2) is 55.4 Å². The van der Waals surface area contributed by atoms with Gasteiger partial charge in [-0.25, -0.2) is 10.9 Å². The monoisotopic (exact) mass is 455 g/mol. The highest BCUT2D eigenvalue weighted by Gasteiger charge is 2.55. The van der Waals surface area contributed by atoms with Crippen molar-refractivity contribution in [2.45, 2.75) is 38.4 Å². The minimum atomic E-state index is -0.414. The van der Waals surface area contributed by atoms with E-state index in [0.29, 0.717) is 37.9 Å². The number of fused-ring (bicyclic) bond motifs is 1. The molecule has 4 unspecified atom stereocenters. The summed E-state index contributed by atoms with van der Waals surface area (Å²) in [5, 5.41) is 10.5. The van der Waals surface area contributed by atoms with Crippen LogP contribution >= 0.6 is 0 Å². The van der Waals surface area contributed by atoms with Gasteiger partial charge in [0.2, 0.25) is 5.91 Å². The van der Waals surface area contributed by atoms with Gasteiger partial charge in [0, 0.05) is 25.1 Å². The zero-order valence-electron chi connectivity index (χ0n) is 19.4. The first-order valence-electron chi connectivity index (χ1n) is 11.6. The van der Waals surface area contributed by atoms with E-state index in [1.807, 2.05) is 42.2 Å². The van der Waals surface area contributed by atoms with Crippen LogP contribution < -0.4 is 20.3 Å². The molecule has 2 saturated heterocycles. The first-order chi connectivity index (χ1) is 16.1. The first-order valence-corrected chi connectivity index (χ1v) is 11.6. The Morgan fingerprint density at radius 3 is 2.52 bits per heavy atom. The summed E-state index contributed by atoms with van der Waals surface area (Å²) in [7, 11) is 1.63. The van der Waals surface area contributed by atoms with Crippen LogP contribution in [0.3, 0.4) is 0 Å². The number of hydrogen-bond acceptors (Lipinski definition) is 7. The molecule has 0 aromatic heterocycles. The molecule has 2 aromatic rings. The number of benzene rings is 2. The highest BCUT2D eigenvalue weighted by atomic mass is 16.5. The maximum Gasteiger partial charge on any atom is 0.242 e. The minimum Gasteiger partial charge on any atom is -0.508 e. The highest BCUT2D eigenvalue weighted by Crippen LogP contribution is 2.49. The van der Waals surface area contributed by atoms with Gasteiger partial charge in [-0.15, -0.1) is 0 Å². The number of para-hydroxylation sites is 1. The number of nitrogens with one attached hydrogen (secondary N) is 2. The topological polar surface area (TPSA) is 92.3 Å². The third kappa shape index (κ3) is 4.51. The van der Waals surface area contributed by atoms with Crippen molar-refractivity contribution in [1.29, 1.82) is 0 Å². The van der Waals surface area contributed by atoms with Crippen LogP contribution in [-0.2, 0) is 9.53 Å². The van der Waals surface area contributed by atoms with Gasteiger partial charge < -0.3 is 24.2 Å². The average molecular weight is 456 g/mol. The Morgan fingerprint density at radius 2 is 1.79 bits per heavy atom. The van der Waals surface area contributed by atoms with E-state index in [1.165, 1.54) is 0 Å². The van der Waals surface area contributed by atoms with Gasteiger partial charge in [0.05, 0.1) is 31.9 Å². The van der Waals surface area contributed by atoms with E-state index in [4.69, 9.17) is 14.2 Å². The van der Waals surface area contributed by atoms with Crippen molar-refractivity contribution >= 4 is 5.91 Å². The smallest absolute Gasteiger partial charge is 0.242 e. The normalized spacial score (nSPS) is 24.2.